The van der Waals surface area contributed by atoms with Crippen molar-refractivity contribution in [1.82, 2.24) is 26.3 Å². The van der Waals surface area contributed by atoms with Gasteiger partial charge in [-0.25, -0.2) is 0 Å². The number of nitrogens with one attached hydrogen (secondary N) is 4. The summed E-state index contributed by atoms with van der Waals surface area (Å²) in [5.41, 5.74) is 2.12. The van der Waals surface area contributed by atoms with E-state index >= 15 is 0 Å². The number of ether oxygens (including phenoxy) is 1. The van der Waals surface area contributed by atoms with Gasteiger partial charge in [0.15, 0.2) is 0 Å². The van der Waals surface area contributed by atoms with Gasteiger partial charge >= 0.3 is 5.97 Å². The molecule has 0 aromatic carbocycles. The van der Waals surface area contributed by atoms with E-state index in [0.29, 0.717) is 36.5 Å². The first kappa shape index (κ1) is 26.9. The molecule has 2 heterocycles. The maximum Gasteiger partial charge on any atom is 0.316 e. The normalized spacial score (nSPS) is 28.1. The lowest BCUT2D eigenvalue weighted by atomic mass is 9.89. The first-order valence-electron chi connectivity index (χ1n) is 13.9. The molecular weight excluding hydrogens is 458 g/mol. The van der Waals surface area contributed by atoms with Gasteiger partial charge in [-0.2, -0.15) is 0 Å². The Balaban J connectivity index is 1.47. The van der Waals surface area contributed by atoms with Gasteiger partial charge in [0.2, 0.25) is 0 Å². The van der Waals surface area contributed by atoms with Crippen LogP contribution in [0.4, 0.5) is 0 Å². The molecule has 1 aromatic heterocycles. The lowest BCUT2D eigenvalue weighted by molar-refractivity contribution is -0.140. The minimum absolute atomic E-state index is 0.134. The number of hydrogen-bond donors (Lipinski definition) is 4. The first-order valence-corrected chi connectivity index (χ1v) is 14.9. The monoisotopic (exact) mass is 503 g/mol. The van der Waals surface area contributed by atoms with E-state index in [-0.39, 0.29) is 5.97 Å². The zero-order chi connectivity index (χ0) is 24.3. The molecule has 35 heavy (non-hydrogen) atoms. The summed E-state index contributed by atoms with van der Waals surface area (Å²) in [6, 6.07) is 6.29. The summed E-state index contributed by atoms with van der Waals surface area (Å²) >= 11 is 1.56. The number of esters is 1. The van der Waals surface area contributed by atoms with E-state index in [1.807, 2.05) is 0 Å². The predicted octanol–water partition coefficient (Wildman–Crippen LogP) is 3.51. The molecule has 0 amide bonds. The Kier molecular flexibility index (Phi) is 11.1. The number of carbonyl (C=O) groups is 1. The van der Waals surface area contributed by atoms with Crippen molar-refractivity contribution in [2.75, 3.05) is 25.4 Å². The number of nitrogens with zero attached hydrogens (tertiary/aromatic N) is 1. The van der Waals surface area contributed by atoms with Gasteiger partial charge in [-0.15, -0.1) is 11.8 Å². The Labute approximate surface area is 215 Å². The second-order valence-corrected chi connectivity index (χ2v) is 11.4. The average molecular weight is 504 g/mol. The van der Waals surface area contributed by atoms with Crippen LogP contribution in [0.2, 0.25) is 0 Å². The van der Waals surface area contributed by atoms with Crippen LogP contribution < -0.4 is 21.3 Å². The topological polar surface area (TPSA) is 87.3 Å². The van der Waals surface area contributed by atoms with Gasteiger partial charge in [0.25, 0.3) is 0 Å². The zero-order valence-corrected chi connectivity index (χ0v) is 22.3. The second kappa shape index (κ2) is 14.5. The smallest absolute Gasteiger partial charge is 0.316 e. The Bertz CT molecular complexity index is 747. The summed E-state index contributed by atoms with van der Waals surface area (Å²) in [7, 11) is 0. The molecule has 0 unspecified atom stereocenters. The molecule has 2 saturated carbocycles. The quantitative estimate of drug-likeness (QED) is 0.267. The maximum atomic E-state index is 12.2. The minimum atomic E-state index is -0.134. The van der Waals surface area contributed by atoms with E-state index in [1.165, 1.54) is 51.4 Å². The molecule has 0 radical (unpaired) electrons. The van der Waals surface area contributed by atoms with Gasteiger partial charge in [-0.05, 0) is 44.2 Å². The molecule has 1 aromatic rings. The third-order valence-electron chi connectivity index (χ3n) is 7.58. The standard InChI is InChI=1S/C27H45N5O2S/c1-2-3-14-34-27(33)19-35-22-15-20-17-30-25-10-6-4-8-23(25)28-12-13-29-24-9-5-7-11-26(24)31-18-21(16-22)32-20/h15-16,23-26,28-31H,2-14,17-19H2,1H3/t23-,24-,25-,26-/m1/s1. The van der Waals surface area contributed by atoms with Crippen LogP contribution in [0.5, 0.6) is 0 Å². The van der Waals surface area contributed by atoms with Gasteiger partial charge in [-0.3, -0.25) is 9.78 Å². The fraction of sp³-hybridized carbons (Fsp3) is 0.778. The van der Waals surface area contributed by atoms with Crippen LogP contribution in [-0.4, -0.2) is 60.6 Å². The summed E-state index contributed by atoms with van der Waals surface area (Å²) in [5, 5.41) is 15.3. The molecule has 1 aliphatic heterocycles. The maximum absolute atomic E-state index is 12.2. The van der Waals surface area contributed by atoms with E-state index in [2.05, 4.69) is 40.3 Å². The second-order valence-electron chi connectivity index (χ2n) is 10.3. The number of pyridine rings is 1. The molecule has 4 N–H and O–H groups in total. The minimum Gasteiger partial charge on any atom is -0.465 e. The molecule has 2 aliphatic carbocycles. The van der Waals surface area contributed by atoms with Crippen molar-refractivity contribution >= 4 is 17.7 Å². The van der Waals surface area contributed by atoms with Gasteiger partial charge in [0.1, 0.15) is 0 Å². The van der Waals surface area contributed by atoms with Gasteiger partial charge in [0.05, 0.1) is 23.7 Å². The number of rotatable bonds is 6. The average Bonchev–Trinajstić information content (AvgIpc) is 2.88. The highest BCUT2D eigenvalue weighted by molar-refractivity contribution is 8.00. The largest absolute Gasteiger partial charge is 0.465 e. The molecule has 7 nitrogen and oxygen atoms in total. The fourth-order valence-electron chi connectivity index (χ4n) is 5.62. The zero-order valence-electron chi connectivity index (χ0n) is 21.4. The summed E-state index contributed by atoms with van der Waals surface area (Å²) in [6.07, 6.45) is 12.0. The summed E-state index contributed by atoms with van der Waals surface area (Å²) in [6.45, 7) is 6.18. The lowest BCUT2D eigenvalue weighted by Crippen LogP contribution is -2.53. The van der Waals surface area contributed by atoms with Crippen molar-refractivity contribution in [3.05, 3.63) is 23.5 Å². The molecule has 4 atom stereocenters. The van der Waals surface area contributed by atoms with Crippen molar-refractivity contribution in [3.8, 4) is 0 Å². The molecule has 8 heteroatoms. The molecule has 2 bridgehead atoms. The number of unbranched alkanes of at least 4 members (excludes halogenated alkanes) is 1. The molecular formula is C27H45N5O2S. The molecule has 3 aliphatic rings. The highest BCUT2D eigenvalue weighted by atomic mass is 32.2. The summed E-state index contributed by atoms with van der Waals surface area (Å²) in [4.78, 5) is 18.3. The van der Waals surface area contributed by atoms with Crippen molar-refractivity contribution < 1.29 is 9.53 Å². The van der Waals surface area contributed by atoms with Crippen molar-refractivity contribution in [2.24, 2.45) is 0 Å². The highest BCUT2D eigenvalue weighted by Crippen LogP contribution is 2.24. The Morgan fingerprint density at radius 1 is 0.886 bits per heavy atom. The Morgan fingerprint density at radius 3 is 1.91 bits per heavy atom. The number of fused-ring (bicyclic) bond motifs is 4. The van der Waals surface area contributed by atoms with Crippen LogP contribution in [-0.2, 0) is 22.6 Å². The van der Waals surface area contributed by atoms with Crippen LogP contribution in [0, 0.1) is 0 Å². The number of carbonyl (C=O) groups excluding carboxylic acids is 1. The Morgan fingerprint density at radius 2 is 1.40 bits per heavy atom. The molecule has 2 fully saturated rings. The van der Waals surface area contributed by atoms with Crippen LogP contribution in [0.1, 0.15) is 82.5 Å². The lowest BCUT2D eigenvalue weighted by Gasteiger charge is -2.34. The van der Waals surface area contributed by atoms with Gasteiger partial charge < -0.3 is 26.0 Å². The highest BCUT2D eigenvalue weighted by Gasteiger charge is 2.27. The predicted molar refractivity (Wildman–Crippen MR) is 143 cm³/mol. The molecule has 0 saturated heterocycles. The summed E-state index contributed by atoms with van der Waals surface area (Å²) in [5.74, 6) is 0.210. The molecule has 4 rings (SSSR count). The van der Waals surface area contributed by atoms with E-state index < -0.39 is 0 Å². The van der Waals surface area contributed by atoms with Gasteiger partial charge in [0, 0.05) is 55.2 Å². The van der Waals surface area contributed by atoms with E-state index in [4.69, 9.17) is 9.72 Å². The van der Waals surface area contributed by atoms with Crippen LogP contribution in [0.25, 0.3) is 0 Å². The first-order chi connectivity index (χ1) is 17.2. The third kappa shape index (κ3) is 8.71. The summed E-state index contributed by atoms with van der Waals surface area (Å²) < 4.78 is 5.36. The van der Waals surface area contributed by atoms with Crippen molar-refractivity contribution in [2.45, 2.75) is 113 Å². The third-order valence-corrected chi connectivity index (χ3v) is 8.53. The van der Waals surface area contributed by atoms with Crippen LogP contribution >= 0.6 is 11.8 Å². The molecule has 196 valence electrons. The van der Waals surface area contributed by atoms with E-state index in [1.54, 1.807) is 11.8 Å². The number of thioether (sulfide) groups is 1. The fourth-order valence-corrected chi connectivity index (χ4v) is 6.43. The SMILES string of the molecule is CCCCOC(=O)CSc1cc2nc(c1)CN[C@@H]1CCCC[C@H]1NCCN[C@@H]1CCCC[C@H]1NC2. The number of aromatic nitrogens is 1. The number of hydrogen-bond acceptors (Lipinski definition) is 8. The van der Waals surface area contributed by atoms with Gasteiger partial charge in [-0.1, -0.05) is 39.0 Å². The van der Waals surface area contributed by atoms with E-state index in [0.717, 1.165) is 55.3 Å². The van der Waals surface area contributed by atoms with Crippen molar-refractivity contribution in [1.29, 1.82) is 0 Å². The molecule has 0 spiro atoms. The van der Waals surface area contributed by atoms with Crippen LogP contribution in [0.3, 0.4) is 0 Å². The van der Waals surface area contributed by atoms with E-state index in [9.17, 15) is 4.79 Å². The van der Waals surface area contributed by atoms with Crippen LogP contribution in [0.15, 0.2) is 17.0 Å². The Hall–Kier alpha value is -1.19. The van der Waals surface area contributed by atoms with Crippen molar-refractivity contribution in [3.63, 3.8) is 0 Å².